The molecule has 0 aliphatic carbocycles. The van der Waals surface area contributed by atoms with Crippen LogP contribution >= 0.6 is 0 Å². The van der Waals surface area contributed by atoms with Crippen molar-refractivity contribution in [1.29, 1.82) is 0 Å². The van der Waals surface area contributed by atoms with Crippen LogP contribution in [-0.2, 0) is 10.0 Å². The van der Waals surface area contributed by atoms with Gasteiger partial charge in [0, 0.05) is 26.2 Å². The number of amides is 1. The van der Waals surface area contributed by atoms with Gasteiger partial charge < -0.3 is 9.32 Å². The molecule has 0 atom stereocenters. The average molecular weight is 348 g/mol. The highest BCUT2D eigenvalue weighted by Crippen LogP contribution is 2.21. The van der Waals surface area contributed by atoms with E-state index >= 15 is 0 Å². The minimum Gasteiger partial charge on any atom is -0.459 e. The van der Waals surface area contributed by atoms with Gasteiger partial charge in [0.1, 0.15) is 0 Å². The van der Waals surface area contributed by atoms with Crippen molar-refractivity contribution < 1.29 is 17.6 Å². The van der Waals surface area contributed by atoms with Crippen LogP contribution in [0.4, 0.5) is 0 Å². The van der Waals surface area contributed by atoms with Gasteiger partial charge in [-0.05, 0) is 37.1 Å². The lowest BCUT2D eigenvalue weighted by atomic mass is 10.2. The third-order valence-corrected chi connectivity index (χ3v) is 6.24. The molecule has 2 aromatic rings. The summed E-state index contributed by atoms with van der Waals surface area (Å²) in [5.41, 5.74) is 0.727. The molecule has 3 rings (SSSR count). The lowest BCUT2D eigenvalue weighted by Gasteiger charge is -2.22. The Morgan fingerprint density at radius 2 is 1.83 bits per heavy atom. The van der Waals surface area contributed by atoms with Crippen molar-refractivity contribution in [3.8, 4) is 0 Å². The van der Waals surface area contributed by atoms with Crippen LogP contribution in [0.25, 0.3) is 0 Å². The van der Waals surface area contributed by atoms with Crippen LogP contribution in [0.2, 0.25) is 0 Å². The van der Waals surface area contributed by atoms with E-state index in [4.69, 9.17) is 4.42 Å². The number of carbonyl (C=O) groups excluding carboxylic acids is 1. The van der Waals surface area contributed by atoms with Crippen LogP contribution in [0, 0.1) is 6.92 Å². The van der Waals surface area contributed by atoms with E-state index in [2.05, 4.69) is 0 Å². The maximum Gasteiger partial charge on any atom is 0.289 e. The van der Waals surface area contributed by atoms with Gasteiger partial charge in [-0.2, -0.15) is 4.31 Å². The Labute approximate surface area is 141 Å². The number of nitrogens with zero attached hydrogens (tertiary/aromatic N) is 2. The van der Waals surface area contributed by atoms with Crippen molar-refractivity contribution in [1.82, 2.24) is 9.21 Å². The second kappa shape index (κ2) is 6.78. The van der Waals surface area contributed by atoms with Gasteiger partial charge in [-0.1, -0.05) is 18.2 Å². The number of hydrogen-bond acceptors (Lipinski definition) is 4. The molecule has 1 saturated heterocycles. The monoisotopic (exact) mass is 348 g/mol. The summed E-state index contributed by atoms with van der Waals surface area (Å²) in [6, 6.07) is 10.2. The van der Waals surface area contributed by atoms with Crippen LogP contribution in [0.5, 0.6) is 0 Å². The fourth-order valence-electron chi connectivity index (χ4n) is 2.88. The third kappa shape index (κ3) is 3.22. The number of benzene rings is 1. The maximum atomic E-state index is 12.9. The van der Waals surface area contributed by atoms with E-state index in [1.165, 1.54) is 10.6 Å². The van der Waals surface area contributed by atoms with Crippen LogP contribution < -0.4 is 0 Å². The van der Waals surface area contributed by atoms with Crippen molar-refractivity contribution in [3.05, 3.63) is 54.0 Å². The molecule has 0 N–H and O–H groups in total. The van der Waals surface area contributed by atoms with E-state index in [0.29, 0.717) is 31.0 Å². The fourth-order valence-corrected chi connectivity index (χ4v) is 4.57. The van der Waals surface area contributed by atoms with E-state index in [9.17, 15) is 13.2 Å². The molecule has 0 unspecified atom stereocenters. The van der Waals surface area contributed by atoms with Crippen LogP contribution in [-0.4, -0.2) is 49.7 Å². The van der Waals surface area contributed by atoms with Gasteiger partial charge in [-0.3, -0.25) is 4.79 Å². The number of aryl methyl sites for hydroxylation is 1. The molecule has 0 bridgehead atoms. The molecule has 1 aliphatic heterocycles. The predicted octanol–water partition coefficient (Wildman–Crippen LogP) is 2.12. The van der Waals surface area contributed by atoms with Crippen molar-refractivity contribution in [3.63, 3.8) is 0 Å². The summed E-state index contributed by atoms with van der Waals surface area (Å²) >= 11 is 0. The number of furan rings is 1. The molecule has 1 aliphatic rings. The average Bonchev–Trinajstić information content (AvgIpc) is 2.98. The Balaban J connectivity index is 1.76. The number of hydrogen-bond donors (Lipinski definition) is 0. The quantitative estimate of drug-likeness (QED) is 0.852. The summed E-state index contributed by atoms with van der Waals surface area (Å²) in [5.74, 6) is 0.0837. The Kier molecular flexibility index (Phi) is 4.73. The summed E-state index contributed by atoms with van der Waals surface area (Å²) in [4.78, 5) is 14.3. The Hall–Kier alpha value is -2.12. The zero-order valence-corrected chi connectivity index (χ0v) is 14.3. The molecule has 0 radical (unpaired) electrons. The van der Waals surface area contributed by atoms with Gasteiger partial charge >= 0.3 is 0 Å². The first-order chi connectivity index (χ1) is 11.5. The summed E-state index contributed by atoms with van der Waals surface area (Å²) in [6.45, 7) is 3.34. The molecule has 128 valence electrons. The van der Waals surface area contributed by atoms with Gasteiger partial charge in [0.2, 0.25) is 10.0 Å². The fraction of sp³-hybridized carbons (Fsp3) is 0.353. The summed E-state index contributed by atoms with van der Waals surface area (Å²) in [6.07, 6.45) is 2.05. The summed E-state index contributed by atoms with van der Waals surface area (Å²) in [5, 5.41) is 0. The number of sulfonamides is 1. The Morgan fingerprint density at radius 1 is 1.04 bits per heavy atom. The third-order valence-electron chi connectivity index (χ3n) is 4.19. The normalized spacial score (nSPS) is 16.8. The summed E-state index contributed by atoms with van der Waals surface area (Å²) < 4.78 is 32.3. The van der Waals surface area contributed by atoms with Crippen molar-refractivity contribution in [2.24, 2.45) is 0 Å². The Bertz CT molecular complexity index is 815. The van der Waals surface area contributed by atoms with Crippen LogP contribution in [0.15, 0.2) is 52.0 Å². The summed E-state index contributed by atoms with van der Waals surface area (Å²) in [7, 11) is -3.55. The molecule has 7 heteroatoms. The van der Waals surface area contributed by atoms with E-state index in [1.54, 1.807) is 42.2 Å². The molecule has 1 aromatic heterocycles. The lowest BCUT2D eigenvalue weighted by Crippen LogP contribution is -2.37. The first-order valence-electron chi connectivity index (χ1n) is 7.89. The second-order valence-electron chi connectivity index (χ2n) is 5.79. The first-order valence-corrected chi connectivity index (χ1v) is 9.33. The Morgan fingerprint density at radius 3 is 2.54 bits per heavy atom. The molecule has 1 fully saturated rings. The highest BCUT2D eigenvalue weighted by atomic mass is 32.2. The van der Waals surface area contributed by atoms with E-state index in [-0.39, 0.29) is 18.2 Å². The molecule has 24 heavy (non-hydrogen) atoms. The molecule has 0 spiro atoms. The van der Waals surface area contributed by atoms with Crippen molar-refractivity contribution in [2.45, 2.75) is 18.2 Å². The SMILES string of the molecule is Cc1ccccc1S(=O)(=O)N1CCCN(C(=O)c2ccco2)CC1. The highest BCUT2D eigenvalue weighted by Gasteiger charge is 2.29. The predicted molar refractivity (Wildman–Crippen MR) is 89.2 cm³/mol. The molecule has 2 heterocycles. The standard InChI is InChI=1S/C17H20N2O4S/c1-14-6-2-3-8-16(14)24(21,22)19-10-5-9-18(11-12-19)17(20)15-7-4-13-23-15/h2-4,6-8,13H,5,9-12H2,1H3. The van der Waals surface area contributed by atoms with E-state index in [1.807, 2.05) is 6.07 Å². The lowest BCUT2D eigenvalue weighted by molar-refractivity contribution is 0.0732. The van der Waals surface area contributed by atoms with Gasteiger partial charge in [-0.25, -0.2) is 8.42 Å². The molecule has 0 saturated carbocycles. The highest BCUT2D eigenvalue weighted by molar-refractivity contribution is 7.89. The number of rotatable bonds is 3. The van der Waals surface area contributed by atoms with Gasteiger partial charge in [0.15, 0.2) is 5.76 Å². The molecular formula is C17H20N2O4S. The topological polar surface area (TPSA) is 70.8 Å². The minimum atomic E-state index is -3.55. The maximum absolute atomic E-state index is 12.9. The molecule has 6 nitrogen and oxygen atoms in total. The van der Waals surface area contributed by atoms with E-state index < -0.39 is 10.0 Å². The molecular weight excluding hydrogens is 328 g/mol. The van der Waals surface area contributed by atoms with Gasteiger partial charge in [0.05, 0.1) is 11.2 Å². The van der Waals surface area contributed by atoms with Crippen LogP contribution in [0.3, 0.4) is 0 Å². The van der Waals surface area contributed by atoms with Gasteiger partial charge in [-0.15, -0.1) is 0 Å². The van der Waals surface area contributed by atoms with Crippen molar-refractivity contribution >= 4 is 15.9 Å². The first kappa shape index (κ1) is 16.7. The van der Waals surface area contributed by atoms with Gasteiger partial charge in [0.25, 0.3) is 5.91 Å². The minimum absolute atomic E-state index is 0.199. The van der Waals surface area contributed by atoms with Crippen molar-refractivity contribution in [2.75, 3.05) is 26.2 Å². The molecule has 1 aromatic carbocycles. The zero-order chi connectivity index (χ0) is 17.2. The zero-order valence-electron chi connectivity index (χ0n) is 13.5. The number of carbonyl (C=O) groups is 1. The van der Waals surface area contributed by atoms with E-state index in [0.717, 1.165) is 5.56 Å². The smallest absolute Gasteiger partial charge is 0.289 e. The largest absolute Gasteiger partial charge is 0.459 e. The molecule has 1 amide bonds. The van der Waals surface area contributed by atoms with Crippen LogP contribution in [0.1, 0.15) is 22.5 Å². The second-order valence-corrected chi connectivity index (χ2v) is 7.70.